The van der Waals surface area contributed by atoms with Crippen molar-refractivity contribution in [1.82, 2.24) is 16.0 Å². The molecule has 2 unspecified atom stereocenters. The largest absolute Gasteiger partial charge is 0.355 e. The zero-order valence-electron chi connectivity index (χ0n) is 10.6. The van der Waals surface area contributed by atoms with Crippen LogP contribution >= 0.6 is 0 Å². The molecule has 1 amide bonds. The van der Waals surface area contributed by atoms with Gasteiger partial charge in [0.05, 0.1) is 6.04 Å². The molecular weight excluding hydrogens is 214 g/mol. The van der Waals surface area contributed by atoms with Crippen molar-refractivity contribution in [3.8, 4) is 0 Å². The topological polar surface area (TPSA) is 53.2 Å². The number of hydrogen-bond acceptors (Lipinski definition) is 3. The molecule has 17 heavy (non-hydrogen) atoms. The lowest BCUT2D eigenvalue weighted by molar-refractivity contribution is -0.123. The van der Waals surface area contributed by atoms with Crippen molar-refractivity contribution in [3.63, 3.8) is 0 Å². The minimum absolute atomic E-state index is 0.0632. The molecule has 2 heterocycles. The first-order valence-electron chi connectivity index (χ1n) is 7.08. The van der Waals surface area contributed by atoms with Gasteiger partial charge in [0, 0.05) is 6.54 Å². The molecule has 0 radical (unpaired) electrons. The third-order valence-corrected chi connectivity index (χ3v) is 3.88. The van der Waals surface area contributed by atoms with Crippen LogP contribution in [0.1, 0.15) is 38.5 Å². The fourth-order valence-corrected chi connectivity index (χ4v) is 2.77. The second kappa shape index (κ2) is 6.97. The van der Waals surface area contributed by atoms with Crippen molar-refractivity contribution in [2.45, 2.75) is 44.6 Å². The number of carbonyl (C=O) groups excluding carboxylic acids is 1. The van der Waals surface area contributed by atoms with Gasteiger partial charge >= 0.3 is 0 Å². The molecule has 0 bridgehead atoms. The summed E-state index contributed by atoms with van der Waals surface area (Å²) in [5.41, 5.74) is 0. The number of piperidine rings is 2. The Balaban J connectivity index is 1.58. The molecule has 2 atom stereocenters. The first kappa shape index (κ1) is 12.8. The first-order valence-corrected chi connectivity index (χ1v) is 7.08. The first-order chi connectivity index (χ1) is 8.36. The van der Waals surface area contributed by atoms with Crippen molar-refractivity contribution in [1.29, 1.82) is 0 Å². The van der Waals surface area contributed by atoms with E-state index >= 15 is 0 Å². The molecular formula is C13H25N3O. The van der Waals surface area contributed by atoms with Gasteiger partial charge in [-0.1, -0.05) is 6.42 Å². The summed E-state index contributed by atoms with van der Waals surface area (Å²) in [6.07, 6.45) is 7.09. The van der Waals surface area contributed by atoms with E-state index in [1.165, 1.54) is 25.7 Å². The average Bonchev–Trinajstić information content (AvgIpc) is 2.41. The molecule has 0 aromatic carbocycles. The van der Waals surface area contributed by atoms with Gasteiger partial charge in [-0.2, -0.15) is 0 Å². The highest BCUT2D eigenvalue weighted by Gasteiger charge is 2.20. The average molecular weight is 239 g/mol. The van der Waals surface area contributed by atoms with Gasteiger partial charge in [0.2, 0.25) is 5.91 Å². The molecule has 0 saturated carbocycles. The molecule has 3 N–H and O–H groups in total. The van der Waals surface area contributed by atoms with Crippen LogP contribution in [0.4, 0.5) is 0 Å². The van der Waals surface area contributed by atoms with E-state index in [-0.39, 0.29) is 11.9 Å². The number of amides is 1. The Kier molecular flexibility index (Phi) is 5.26. The minimum atomic E-state index is 0.0632. The van der Waals surface area contributed by atoms with E-state index in [2.05, 4.69) is 16.0 Å². The number of hydrogen-bond donors (Lipinski definition) is 3. The van der Waals surface area contributed by atoms with E-state index in [1.807, 2.05) is 0 Å². The second-order valence-corrected chi connectivity index (χ2v) is 5.29. The molecule has 2 fully saturated rings. The fraction of sp³-hybridized carbons (Fsp3) is 0.923. The van der Waals surface area contributed by atoms with Crippen molar-refractivity contribution in [2.75, 3.05) is 26.2 Å². The van der Waals surface area contributed by atoms with E-state index in [0.717, 1.165) is 44.9 Å². The van der Waals surface area contributed by atoms with Crippen molar-refractivity contribution < 1.29 is 4.79 Å². The van der Waals surface area contributed by atoms with Gasteiger partial charge in [-0.05, 0) is 57.7 Å². The monoisotopic (exact) mass is 239 g/mol. The second-order valence-electron chi connectivity index (χ2n) is 5.29. The third kappa shape index (κ3) is 4.28. The highest BCUT2D eigenvalue weighted by Crippen LogP contribution is 2.13. The van der Waals surface area contributed by atoms with Crippen molar-refractivity contribution in [2.24, 2.45) is 5.92 Å². The molecule has 2 aliphatic rings. The predicted octanol–water partition coefficient (Wildman–Crippen LogP) is 0.634. The van der Waals surface area contributed by atoms with Crippen LogP contribution in [-0.2, 0) is 4.79 Å². The molecule has 98 valence electrons. The van der Waals surface area contributed by atoms with E-state index in [4.69, 9.17) is 0 Å². The van der Waals surface area contributed by atoms with Gasteiger partial charge in [-0.3, -0.25) is 4.79 Å². The zero-order chi connectivity index (χ0) is 11.9. The lowest BCUT2D eigenvalue weighted by Crippen LogP contribution is -2.47. The van der Waals surface area contributed by atoms with Crippen LogP contribution in [0, 0.1) is 5.92 Å². The Bertz CT molecular complexity index is 233. The lowest BCUT2D eigenvalue weighted by Gasteiger charge is -2.25. The van der Waals surface area contributed by atoms with Gasteiger partial charge < -0.3 is 16.0 Å². The van der Waals surface area contributed by atoms with E-state index in [9.17, 15) is 4.79 Å². The maximum Gasteiger partial charge on any atom is 0.237 e. The number of nitrogens with one attached hydrogen (secondary N) is 3. The lowest BCUT2D eigenvalue weighted by atomic mass is 9.96. The zero-order valence-corrected chi connectivity index (χ0v) is 10.6. The molecule has 2 rings (SSSR count). The predicted molar refractivity (Wildman–Crippen MR) is 68.9 cm³/mol. The smallest absolute Gasteiger partial charge is 0.237 e. The van der Waals surface area contributed by atoms with Crippen LogP contribution < -0.4 is 16.0 Å². The summed E-state index contributed by atoms with van der Waals surface area (Å²) in [5, 5.41) is 9.76. The van der Waals surface area contributed by atoms with Crippen molar-refractivity contribution in [3.05, 3.63) is 0 Å². The maximum atomic E-state index is 11.9. The molecule has 4 heteroatoms. The summed E-state index contributed by atoms with van der Waals surface area (Å²) in [7, 11) is 0. The Hall–Kier alpha value is -0.610. The maximum absolute atomic E-state index is 11.9. The summed E-state index contributed by atoms with van der Waals surface area (Å²) in [6, 6.07) is 0.0632. The summed E-state index contributed by atoms with van der Waals surface area (Å²) in [5.74, 6) is 0.955. The molecule has 2 aliphatic heterocycles. The number of rotatable bonds is 4. The van der Waals surface area contributed by atoms with Crippen molar-refractivity contribution >= 4 is 5.91 Å². The standard InChI is InChI=1S/C13H25N3O/c17-13(12-5-1-2-8-15-12)16-9-6-11-4-3-7-14-10-11/h11-12,14-15H,1-10H2,(H,16,17). The van der Waals surface area contributed by atoms with Crippen LogP contribution in [0.2, 0.25) is 0 Å². The highest BCUT2D eigenvalue weighted by molar-refractivity contribution is 5.81. The van der Waals surface area contributed by atoms with E-state index in [0.29, 0.717) is 0 Å². The van der Waals surface area contributed by atoms with Gasteiger partial charge in [-0.15, -0.1) is 0 Å². The van der Waals surface area contributed by atoms with E-state index in [1.54, 1.807) is 0 Å². The fourth-order valence-electron chi connectivity index (χ4n) is 2.77. The molecule has 2 saturated heterocycles. The van der Waals surface area contributed by atoms with E-state index < -0.39 is 0 Å². The van der Waals surface area contributed by atoms with Gasteiger partial charge in [0.25, 0.3) is 0 Å². The highest BCUT2D eigenvalue weighted by atomic mass is 16.2. The van der Waals surface area contributed by atoms with Crippen LogP contribution in [0.25, 0.3) is 0 Å². The Morgan fingerprint density at radius 2 is 2.12 bits per heavy atom. The molecule has 0 aliphatic carbocycles. The molecule has 0 aromatic heterocycles. The molecule has 4 nitrogen and oxygen atoms in total. The Morgan fingerprint density at radius 1 is 1.18 bits per heavy atom. The summed E-state index contributed by atoms with van der Waals surface area (Å²) >= 11 is 0. The van der Waals surface area contributed by atoms with Crippen LogP contribution in [-0.4, -0.2) is 38.1 Å². The van der Waals surface area contributed by atoms with Crippen LogP contribution in [0.15, 0.2) is 0 Å². The summed E-state index contributed by atoms with van der Waals surface area (Å²) in [4.78, 5) is 11.9. The third-order valence-electron chi connectivity index (χ3n) is 3.88. The van der Waals surface area contributed by atoms with Gasteiger partial charge in [0.1, 0.15) is 0 Å². The summed E-state index contributed by atoms with van der Waals surface area (Å²) in [6.45, 7) is 4.11. The quantitative estimate of drug-likeness (QED) is 0.674. The molecule has 0 spiro atoms. The molecule has 0 aromatic rings. The Labute approximate surface area is 104 Å². The Morgan fingerprint density at radius 3 is 2.82 bits per heavy atom. The van der Waals surface area contributed by atoms with Gasteiger partial charge in [0.15, 0.2) is 0 Å². The van der Waals surface area contributed by atoms with Crippen LogP contribution in [0.3, 0.4) is 0 Å². The minimum Gasteiger partial charge on any atom is -0.355 e. The normalized spacial score (nSPS) is 29.9. The summed E-state index contributed by atoms with van der Waals surface area (Å²) < 4.78 is 0. The van der Waals surface area contributed by atoms with Crippen LogP contribution in [0.5, 0.6) is 0 Å². The van der Waals surface area contributed by atoms with Gasteiger partial charge in [-0.25, -0.2) is 0 Å². The SMILES string of the molecule is O=C(NCCC1CCCNC1)C1CCCCN1. The number of carbonyl (C=O) groups is 1.